The molecule has 1 aliphatic rings. The van der Waals surface area contributed by atoms with E-state index < -0.39 is 42.7 Å². The molecule has 1 amide bonds. The fraction of sp³-hybridized carbons (Fsp3) is 0.600. The molecule has 0 bridgehead atoms. The van der Waals surface area contributed by atoms with Crippen LogP contribution >= 0.6 is 0 Å². The van der Waals surface area contributed by atoms with Crippen LogP contribution in [0.25, 0.3) is 11.2 Å². The van der Waals surface area contributed by atoms with Gasteiger partial charge in [-0.3, -0.25) is 29.3 Å². The third kappa shape index (κ3) is 5.26. The van der Waals surface area contributed by atoms with Crippen LogP contribution in [-0.4, -0.2) is 74.3 Å². The summed E-state index contributed by atoms with van der Waals surface area (Å²) in [7, 11) is 1.38. The smallest absolute Gasteiger partial charge is 0.306 e. The molecule has 3 rings (SSSR count). The molecule has 0 aromatic carbocycles. The quantitative estimate of drug-likeness (QED) is 0.424. The van der Waals surface area contributed by atoms with E-state index in [1.54, 1.807) is 13.8 Å². The molecule has 2 aromatic heterocycles. The van der Waals surface area contributed by atoms with Gasteiger partial charge in [-0.25, -0.2) is 4.98 Å². The average molecular weight is 465 g/mol. The van der Waals surface area contributed by atoms with E-state index in [0.717, 1.165) is 0 Å². The van der Waals surface area contributed by atoms with Gasteiger partial charge in [0.1, 0.15) is 18.0 Å². The van der Waals surface area contributed by atoms with E-state index in [2.05, 4.69) is 20.3 Å². The number of ether oxygens (including phenoxy) is 3. The molecule has 3 heterocycles. The first kappa shape index (κ1) is 24.5. The number of ketones is 1. The number of aromatic nitrogens is 4. The zero-order valence-electron chi connectivity index (χ0n) is 18.7. The number of H-pyrrole nitrogens is 1. The molecule has 0 radical (unpaired) electrons. The van der Waals surface area contributed by atoms with Crippen molar-refractivity contribution >= 4 is 34.8 Å². The molecule has 13 nitrogen and oxygen atoms in total. The first-order valence-electron chi connectivity index (χ1n) is 10.4. The molecule has 2 aromatic rings. The second kappa shape index (κ2) is 10.2. The molecule has 180 valence electrons. The Bertz CT molecular complexity index is 1090. The summed E-state index contributed by atoms with van der Waals surface area (Å²) in [5, 5.41) is 12.3. The van der Waals surface area contributed by atoms with Crippen molar-refractivity contribution in [3.63, 3.8) is 0 Å². The minimum atomic E-state index is -0.982. The number of rotatable bonds is 9. The number of fused-ring (bicyclic) bond motifs is 1. The van der Waals surface area contributed by atoms with Gasteiger partial charge in [-0.1, -0.05) is 13.8 Å². The Kier molecular flexibility index (Phi) is 7.56. The SMILES string of the molecule is CO[C@@H]1[C@H](OC(=O)CCC(C)=O)[C@@H](CO)O[C@H]1n1cnc2c(=O)[nH]c(NC(=O)C(C)C)nc21. The van der Waals surface area contributed by atoms with Crippen molar-refractivity contribution in [1.82, 2.24) is 19.5 Å². The summed E-state index contributed by atoms with van der Waals surface area (Å²) in [4.78, 5) is 58.6. The number of amides is 1. The lowest BCUT2D eigenvalue weighted by Gasteiger charge is -2.23. The number of nitrogens with one attached hydrogen (secondary N) is 2. The first-order chi connectivity index (χ1) is 15.7. The number of aromatic amines is 1. The molecule has 4 atom stereocenters. The van der Waals surface area contributed by atoms with E-state index in [4.69, 9.17) is 14.2 Å². The minimum absolute atomic E-state index is 0.00143. The molecule has 0 aliphatic carbocycles. The second-order valence-electron chi connectivity index (χ2n) is 7.99. The highest BCUT2D eigenvalue weighted by atomic mass is 16.6. The molecule has 0 spiro atoms. The third-order valence-corrected chi connectivity index (χ3v) is 5.16. The number of Topliss-reactive ketones (excluding diaryl/α,β-unsaturated/α-hetero) is 1. The number of hydrogen-bond donors (Lipinski definition) is 3. The van der Waals surface area contributed by atoms with E-state index in [0.29, 0.717) is 0 Å². The minimum Gasteiger partial charge on any atom is -0.456 e. The Morgan fingerprint density at radius 3 is 2.64 bits per heavy atom. The molecule has 33 heavy (non-hydrogen) atoms. The van der Waals surface area contributed by atoms with Crippen LogP contribution in [0.4, 0.5) is 5.95 Å². The van der Waals surface area contributed by atoms with Gasteiger partial charge < -0.3 is 24.1 Å². The summed E-state index contributed by atoms with van der Waals surface area (Å²) < 4.78 is 18.2. The number of carbonyl (C=O) groups excluding carboxylic acids is 3. The number of esters is 1. The number of hydrogen-bond acceptors (Lipinski definition) is 10. The van der Waals surface area contributed by atoms with Gasteiger partial charge in [-0.05, 0) is 6.92 Å². The zero-order valence-corrected chi connectivity index (χ0v) is 18.7. The number of anilines is 1. The van der Waals surface area contributed by atoms with Gasteiger partial charge in [-0.15, -0.1) is 0 Å². The number of methoxy groups -OCH3 is 1. The molecule has 13 heteroatoms. The lowest BCUT2D eigenvalue weighted by atomic mass is 10.1. The van der Waals surface area contributed by atoms with E-state index >= 15 is 0 Å². The molecule has 1 saturated heterocycles. The third-order valence-electron chi connectivity index (χ3n) is 5.16. The number of imidazole rings is 1. The fourth-order valence-electron chi connectivity index (χ4n) is 3.39. The van der Waals surface area contributed by atoms with Crippen molar-refractivity contribution in [3.8, 4) is 0 Å². The second-order valence-corrected chi connectivity index (χ2v) is 7.99. The zero-order chi connectivity index (χ0) is 24.3. The highest BCUT2D eigenvalue weighted by molar-refractivity contribution is 5.91. The fourth-order valence-corrected chi connectivity index (χ4v) is 3.39. The molecule has 0 unspecified atom stereocenters. The number of aliphatic hydroxyl groups is 1. The van der Waals surface area contributed by atoms with Gasteiger partial charge in [-0.2, -0.15) is 4.98 Å². The predicted molar refractivity (Wildman–Crippen MR) is 113 cm³/mol. The van der Waals surface area contributed by atoms with Crippen LogP contribution < -0.4 is 10.9 Å². The van der Waals surface area contributed by atoms with Crippen molar-refractivity contribution in [3.05, 3.63) is 16.7 Å². The Labute approximate surface area is 188 Å². The van der Waals surface area contributed by atoms with E-state index in [-0.39, 0.29) is 47.6 Å². The van der Waals surface area contributed by atoms with E-state index in [1.165, 1.54) is 24.9 Å². The number of nitrogens with zero attached hydrogens (tertiary/aromatic N) is 3. The van der Waals surface area contributed by atoms with Crippen molar-refractivity contribution in [2.75, 3.05) is 19.0 Å². The normalized spacial score (nSPS) is 22.6. The summed E-state index contributed by atoms with van der Waals surface area (Å²) in [6.07, 6.45) is -2.52. The molecule has 0 saturated carbocycles. The van der Waals surface area contributed by atoms with E-state index in [1.807, 2.05) is 0 Å². The maximum absolute atomic E-state index is 12.5. The maximum Gasteiger partial charge on any atom is 0.306 e. The maximum atomic E-state index is 12.5. The Morgan fingerprint density at radius 2 is 2.03 bits per heavy atom. The summed E-state index contributed by atoms with van der Waals surface area (Å²) in [6.45, 7) is 4.28. The van der Waals surface area contributed by atoms with Crippen molar-refractivity contribution in [2.45, 2.75) is 58.2 Å². The molecule has 1 fully saturated rings. The van der Waals surface area contributed by atoms with Crippen LogP contribution in [0.5, 0.6) is 0 Å². The molecular weight excluding hydrogens is 438 g/mol. The number of aliphatic hydroxyl groups excluding tert-OH is 1. The van der Waals surface area contributed by atoms with Gasteiger partial charge in [0.05, 0.1) is 19.4 Å². The lowest BCUT2D eigenvalue weighted by molar-refractivity contribution is -0.158. The lowest BCUT2D eigenvalue weighted by Crippen LogP contribution is -2.39. The Balaban J connectivity index is 1.92. The highest BCUT2D eigenvalue weighted by Gasteiger charge is 2.48. The van der Waals surface area contributed by atoms with Crippen LogP contribution in [0, 0.1) is 5.92 Å². The van der Waals surface area contributed by atoms with Crippen molar-refractivity contribution < 1.29 is 33.7 Å². The summed E-state index contributed by atoms with van der Waals surface area (Å²) in [5.74, 6) is -1.53. The van der Waals surface area contributed by atoms with Crippen molar-refractivity contribution in [1.29, 1.82) is 0 Å². The van der Waals surface area contributed by atoms with Crippen LogP contribution in [0.15, 0.2) is 11.1 Å². The van der Waals surface area contributed by atoms with Gasteiger partial charge >= 0.3 is 5.97 Å². The summed E-state index contributed by atoms with van der Waals surface area (Å²) >= 11 is 0. The summed E-state index contributed by atoms with van der Waals surface area (Å²) in [6, 6.07) is 0. The van der Waals surface area contributed by atoms with Crippen LogP contribution in [0.2, 0.25) is 0 Å². The van der Waals surface area contributed by atoms with Crippen LogP contribution in [0.3, 0.4) is 0 Å². The van der Waals surface area contributed by atoms with Crippen LogP contribution in [0.1, 0.15) is 39.8 Å². The first-order valence-corrected chi connectivity index (χ1v) is 10.4. The number of carbonyl (C=O) groups is 3. The van der Waals surface area contributed by atoms with Gasteiger partial charge in [0.2, 0.25) is 11.9 Å². The molecule has 3 N–H and O–H groups in total. The standard InChI is InChI=1S/C20H27N5O8/c1-9(2)17(29)23-20-22-16-13(18(30)24-20)21-8-25(16)19-15(31-4)14(11(7-26)32-19)33-12(28)6-5-10(3)27/h8-9,11,14-15,19,26H,5-7H2,1-4H3,(H2,22,23,24,29,30)/t11-,14-,15-,19-/m1/s1. The van der Waals surface area contributed by atoms with E-state index in [9.17, 15) is 24.3 Å². The topological polar surface area (TPSA) is 175 Å². The van der Waals surface area contributed by atoms with Gasteiger partial charge in [0.15, 0.2) is 23.5 Å². The highest BCUT2D eigenvalue weighted by Crippen LogP contribution is 2.35. The van der Waals surface area contributed by atoms with Crippen LogP contribution in [-0.2, 0) is 28.6 Å². The molecular formula is C20H27N5O8. The predicted octanol–water partition coefficient (Wildman–Crippen LogP) is -0.100. The largest absolute Gasteiger partial charge is 0.456 e. The summed E-state index contributed by atoms with van der Waals surface area (Å²) in [5.41, 5.74) is -0.473. The monoisotopic (exact) mass is 465 g/mol. The van der Waals surface area contributed by atoms with Gasteiger partial charge in [0, 0.05) is 19.4 Å². The molecule has 1 aliphatic heterocycles. The Hall–Kier alpha value is -3.16. The van der Waals surface area contributed by atoms with Gasteiger partial charge in [0.25, 0.3) is 5.56 Å². The Morgan fingerprint density at radius 1 is 1.30 bits per heavy atom. The van der Waals surface area contributed by atoms with Crippen molar-refractivity contribution in [2.24, 2.45) is 5.92 Å². The average Bonchev–Trinajstić information content (AvgIpc) is 3.33.